The Labute approximate surface area is 86.6 Å². The van der Waals surface area contributed by atoms with Crippen molar-refractivity contribution in [1.29, 1.82) is 0 Å². The van der Waals surface area contributed by atoms with Crippen molar-refractivity contribution in [3.05, 3.63) is 0 Å². The topological polar surface area (TPSA) is 38.5 Å². The molecule has 1 aliphatic carbocycles. The third-order valence-electron chi connectivity index (χ3n) is 4.06. The Bertz CT molecular complexity index is 190. The number of ether oxygens (including phenoxy) is 1. The largest absolute Gasteiger partial charge is 0.384 e. The Balaban J connectivity index is 2.05. The molecule has 0 aromatic carbocycles. The maximum Gasteiger partial charge on any atom is 0.0509 e. The van der Waals surface area contributed by atoms with Crippen LogP contribution in [0.2, 0.25) is 0 Å². The van der Waals surface area contributed by atoms with Crippen LogP contribution in [-0.2, 0) is 4.74 Å². The van der Waals surface area contributed by atoms with E-state index >= 15 is 0 Å². The quantitative estimate of drug-likeness (QED) is 0.681. The van der Waals surface area contributed by atoms with Crippen molar-refractivity contribution < 1.29 is 4.74 Å². The van der Waals surface area contributed by atoms with Gasteiger partial charge in [-0.3, -0.25) is 5.84 Å². The number of nitrogens with zero attached hydrogens (tertiary/aromatic N) is 1. The van der Waals surface area contributed by atoms with E-state index in [1.807, 2.05) is 5.01 Å². The first kappa shape index (κ1) is 10.4. The Morgan fingerprint density at radius 3 is 2.71 bits per heavy atom. The summed E-state index contributed by atoms with van der Waals surface area (Å²) in [5.74, 6) is 6.60. The molecule has 3 heteroatoms. The van der Waals surface area contributed by atoms with E-state index in [0.29, 0.717) is 11.3 Å². The summed E-state index contributed by atoms with van der Waals surface area (Å²) in [7, 11) is 1.80. The molecule has 1 heterocycles. The van der Waals surface area contributed by atoms with Crippen molar-refractivity contribution in [2.75, 3.05) is 26.8 Å². The lowest BCUT2D eigenvalue weighted by Gasteiger charge is -2.37. The highest BCUT2D eigenvalue weighted by Crippen LogP contribution is 2.46. The minimum Gasteiger partial charge on any atom is -0.384 e. The van der Waals surface area contributed by atoms with Gasteiger partial charge in [-0.05, 0) is 18.3 Å². The number of rotatable bonds is 2. The van der Waals surface area contributed by atoms with E-state index in [-0.39, 0.29) is 0 Å². The smallest absolute Gasteiger partial charge is 0.0509 e. The summed E-state index contributed by atoms with van der Waals surface area (Å²) in [6.45, 7) is 2.99. The van der Waals surface area contributed by atoms with Crippen molar-refractivity contribution in [2.45, 2.75) is 32.1 Å². The average Bonchev–Trinajstić information content (AvgIpc) is 2.45. The Hall–Kier alpha value is -0.120. The van der Waals surface area contributed by atoms with Gasteiger partial charge in [0.2, 0.25) is 0 Å². The van der Waals surface area contributed by atoms with Gasteiger partial charge >= 0.3 is 0 Å². The van der Waals surface area contributed by atoms with Gasteiger partial charge in [0, 0.05) is 26.1 Å². The summed E-state index contributed by atoms with van der Waals surface area (Å²) in [5.41, 5.74) is 0.489. The number of hydrazine groups is 1. The molecule has 1 saturated carbocycles. The monoisotopic (exact) mass is 198 g/mol. The van der Waals surface area contributed by atoms with E-state index in [1.54, 1.807) is 7.11 Å². The van der Waals surface area contributed by atoms with Crippen LogP contribution in [0, 0.1) is 11.3 Å². The first-order chi connectivity index (χ1) is 6.77. The van der Waals surface area contributed by atoms with E-state index < -0.39 is 0 Å². The summed E-state index contributed by atoms with van der Waals surface area (Å²) in [5, 5.41) is 2.00. The van der Waals surface area contributed by atoms with Gasteiger partial charge < -0.3 is 4.74 Å². The predicted octanol–water partition coefficient (Wildman–Crippen LogP) is 1.39. The first-order valence-corrected chi connectivity index (χ1v) is 5.75. The number of hydrogen-bond acceptors (Lipinski definition) is 3. The zero-order chi connectivity index (χ0) is 10.0. The van der Waals surface area contributed by atoms with Gasteiger partial charge in [0.1, 0.15) is 0 Å². The van der Waals surface area contributed by atoms with E-state index in [0.717, 1.165) is 19.7 Å². The van der Waals surface area contributed by atoms with Gasteiger partial charge in [-0.15, -0.1) is 0 Å². The first-order valence-electron chi connectivity index (χ1n) is 5.75. The molecule has 82 valence electrons. The molecule has 0 bridgehead atoms. The van der Waals surface area contributed by atoms with Gasteiger partial charge in [-0.2, -0.15) is 0 Å². The number of hydrogen-bond donors (Lipinski definition) is 1. The van der Waals surface area contributed by atoms with Crippen molar-refractivity contribution in [3.8, 4) is 0 Å². The van der Waals surface area contributed by atoms with Gasteiger partial charge in [-0.1, -0.05) is 19.3 Å². The predicted molar refractivity (Wildman–Crippen MR) is 56.6 cm³/mol. The molecule has 0 aromatic heterocycles. The van der Waals surface area contributed by atoms with Crippen LogP contribution in [0.1, 0.15) is 32.1 Å². The molecule has 1 atom stereocenters. The normalized spacial score (nSPS) is 32.6. The van der Waals surface area contributed by atoms with Crippen LogP contribution in [0.3, 0.4) is 0 Å². The minimum absolute atomic E-state index is 0.489. The van der Waals surface area contributed by atoms with E-state index in [1.165, 1.54) is 32.1 Å². The van der Waals surface area contributed by atoms with Crippen LogP contribution >= 0.6 is 0 Å². The molecule has 0 unspecified atom stereocenters. The molecule has 1 saturated heterocycles. The number of methoxy groups -OCH3 is 1. The summed E-state index contributed by atoms with van der Waals surface area (Å²) in [4.78, 5) is 0. The molecule has 2 N–H and O–H groups in total. The molecule has 0 aromatic rings. The molecule has 2 rings (SSSR count). The highest BCUT2D eigenvalue weighted by atomic mass is 16.5. The van der Waals surface area contributed by atoms with E-state index in [2.05, 4.69) is 0 Å². The molecule has 2 aliphatic rings. The lowest BCUT2D eigenvalue weighted by molar-refractivity contribution is 0.0666. The standard InChI is InChI=1S/C11H22N2O/c1-14-8-10-7-13(12)9-11(10)5-3-2-4-6-11/h10H,2-9,12H2,1H3/t10-/m1/s1. The fourth-order valence-electron chi connectivity index (χ4n) is 3.33. The van der Waals surface area contributed by atoms with Crippen LogP contribution in [-0.4, -0.2) is 31.8 Å². The molecular formula is C11H22N2O. The van der Waals surface area contributed by atoms with Crippen LogP contribution in [0.15, 0.2) is 0 Å². The highest BCUT2D eigenvalue weighted by Gasteiger charge is 2.45. The lowest BCUT2D eigenvalue weighted by Crippen LogP contribution is -2.35. The molecule has 0 radical (unpaired) electrons. The molecule has 2 fully saturated rings. The third kappa shape index (κ3) is 1.81. The van der Waals surface area contributed by atoms with Crippen LogP contribution in [0.5, 0.6) is 0 Å². The second-order valence-corrected chi connectivity index (χ2v) is 5.00. The second kappa shape index (κ2) is 4.17. The van der Waals surface area contributed by atoms with Gasteiger partial charge in [0.15, 0.2) is 0 Å². The fraction of sp³-hybridized carbons (Fsp3) is 1.00. The van der Waals surface area contributed by atoms with Gasteiger partial charge in [-0.25, -0.2) is 5.01 Å². The lowest BCUT2D eigenvalue weighted by atomic mass is 9.68. The number of nitrogens with two attached hydrogens (primary N) is 1. The van der Waals surface area contributed by atoms with E-state index in [9.17, 15) is 0 Å². The SMILES string of the molecule is COC[C@H]1CN(N)CC12CCCCC2. The highest BCUT2D eigenvalue weighted by molar-refractivity contribution is 4.96. The van der Waals surface area contributed by atoms with Crippen LogP contribution in [0.4, 0.5) is 0 Å². The van der Waals surface area contributed by atoms with Crippen LogP contribution < -0.4 is 5.84 Å². The molecule has 1 spiro atoms. The van der Waals surface area contributed by atoms with Crippen molar-refractivity contribution in [3.63, 3.8) is 0 Å². The maximum atomic E-state index is 5.94. The summed E-state index contributed by atoms with van der Waals surface area (Å²) in [6.07, 6.45) is 6.89. The Morgan fingerprint density at radius 1 is 1.36 bits per heavy atom. The third-order valence-corrected chi connectivity index (χ3v) is 4.06. The van der Waals surface area contributed by atoms with Crippen molar-refractivity contribution in [2.24, 2.45) is 17.2 Å². The Morgan fingerprint density at radius 2 is 2.07 bits per heavy atom. The van der Waals surface area contributed by atoms with Gasteiger partial charge in [0.05, 0.1) is 6.61 Å². The maximum absolute atomic E-state index is 5.94. The fourth-order valence-corrected chi connectivity index (χ4v) is 3.33. The second-order valence-electron chi connectivity index (χ2n) is 5.00. The molecule has 3 nitrogen and oxygen atoms in total. The van der Waals surface area contributed by atoms with Crippen molar-refractivity contribution in [1.82, 2.24) is 5.01 Å². The Kier molecular flexibility index (Phi) is 3.10. The molecule has 1 aliphatic heterocycles. The molecular weight excluding hydrogens is 176 g/mol. The van der Waals surface area contributed by atoms with Crippen molar-refractivity contribution >= 4 is 0 Å². The van der Waals surface area contributed by atoms with Gasteiger partial charge in [0.25, 0.3) is 0 Å². The summed E-state index contributed by atoms with van der Waals surface area (Å²) in [6, 6.07) is 0. The summed E-state index contributed by atoms with van der Waals surface area (Å²) >= 11 is 0. The zero-order valence-electron chi connectivity index (χ0n) is 9.17. The summed E-state index contributed by atoms with van der Waals surface area (Å²) < 4.78 is 5.32. The van der Waals surface area contributed by atoms with Crippen LogP contribution in [0.25, 0.3) is 0 Å². The van der Waals surface area contributed by atoms with E-state index in [4.69, 9.17) is 10.6 Å². The average molecular weight is 198 g/mol. The zero-order valence-corrected chi connectivity index (χ0v) is 9.17. The minimum atomic E-state index is 0.489. The molecule has 0 amide bonds. The molecule has 14 heavy (non-hydrogen) atoms.